The number of carbonyl (C=O) groups is 4. The van der Waals surface area contributed by atoms with Gasteiger partial charge in [0, 0.05) is 6.42 Å². The van der Waals surface area contributed by atoms with Gasteiger partial charge in [0.05, 0.1) is 5.41 Å². The molecule has 0 radical (unpaired) electrons. The highest BCUT2D eigenvalue weighted by Gasteiger charge is 2.52. The number of amides is 5. The van der Waals surface area contributed by atoms with Gasteiger partial charge in [-0.05, 0) is 12.8 Å². The molecule has 0 unspecified atom stereocenters. The molecule has 98 valence electrons. The molecule has 7 nitrogen and oxygen atoms in total. The minimum atomic E-state index is -0.991. The van der Waals surface area contributed by atoms with Crippen molar-refractivity contribution in [3.05, 3.63) is 0 Å². The Labute approximate surface area is 104 Å². The Morgan fingerprint density at radius 3 is 2.44 bits per heavy atom. The lowest BCUT2D eigenvalue weighted by atomic mass is 9.84. The van der Waals surface area contributed by atoms with Crippen LogP contribution in [-0.4, -0.2) is 35.2 Å². The van der Waals surface area contributed by atoms with Gasteiger partial charge in [-0.15, -0.1) is 0 Å². The van der Waals surface area contributed by atoms with Crippen LogP contribution >= 0.6 is 0 Å². The maximum atomic E-state index is 12.2. The van der Waals surface area contributed by atoms with Crippen molar-refractivity contribution in [2.24, 2.45) is 11.1 Å². The number of rotatable bonds is 2. The highest BCUT2D eigenvalue weighted by Crippen LogP contribution is 2.46. The maximum absolute atomic E-state index is 12.2. The first-order valence-electron chi connectivity index (χ1n) is 5.89. The molecule has 2 rings (SSSR count). The number of primary amides is 1. The number of hydrogen-bond donors (Lipinski definition) is 2. The first kappa shape index (κ1) is 12.5. The van der Waals surface area contributed by atoms with Gasteiger partial charge in [0.25, 0.3) is 0 Å². The van der Waals surface area contributed by atoms with Gasteiger partial charge in [-0.3, -0.25) is 24.6 Å². The fourth-order valence-corrected chi connectivity index (χ4v) is 2.78. The summed E-state index contributed by atoms with van der Waals surface area (Å²) in [6.07, 6.45) is 3.44. The molecule has 2 fully saturated rings. The molecule has 1 spiro atoms. The van der Waals surface area contributed by atoms with E-state index in [0.717, 1.165) is 17.7 Å². The summed E-state index contributed by atoms with van der Waals surface area (Å²) < 4.78 is 0. The molecule has 1 aliphatic heterocycles. The van der Waals surface area contributed by atoms with Crippen molar-refractivity contribution in [1.29, 1.82) is 0 Å². The van der Waals surface area contributed by atoms with Crippen molar-refractivity contribution in [3.63, 3.8) is 0 Å². The van der Waals surface area contributed by atoms with Crippen molar-refractivity contribution in [1.82, 2.24) is 10.2 Å². The molecular formula is C11H15N3O4. The summed E-state index contributed by atoms with van der Waals surface area (Å²) in [6.45, 7) is -0.428. The normalized spacial score (nSPS) is 21.7. The van der Waals surface area contributed by atoms with Crippen LogP contribution < -0.4 is 11.1 Å². The second kappa shape index (κ2) is 4.40. The summed E-state index contributed by atoms with van der Waals surface area (Å²) in [4.78, 5) is 46.7. The third-order valence-electron chi connectivity index (χ3n) is 3.61. The Balaban J connectivity index is 2.05. The highest BCUT2D eigenvalue weighted by atomic mass is 16.2. The van der Waals surface area contributed by atoms with E-state index in [4.69, 9.17) is 5.73 Å². The summed E-state index contributed by atoms with van der Waals surface area (Å²) >= 11 is 0. The predicted molar refractivity (Wildman–Crippen MR) is 60.0 cm³/mol. The van der Waals surface area contributed by atoms with Crippen LogP contribution in [0, 0.1) is 5.41 Å². The average Bonchev–Trinajstić information content (AvgIpc) is 2.80. The Bertz CT molecular complexity index is 426. The Kier molecular flexibility index (Phi) is 3.06. The number of urea groups is 1. The number of hydrogen-bond acceptors (Lipinski definition) is 4. The first-order valence-corrected chi connectivity index (χ1v) is 5.89. The predicted octanol–water partition coefficient (Wildman–Crippen LogP) is -0.499. The molecule has 18 heavy (non-hydrogen) atoms. The van der Waals surface area contributed by atoms with Crippen molar-refractivity contribution in [2.75, 3.05) is 6.54 Å². The van der Waals surface area contributed by atoms with Gasteiger partial charge in [-0.2, -0.15) is 0 Å². The monoisotopic (exact) mass is 253 g/mol. The largest absolute Gasteiger partial charge is 0.351 e. The fourth-order valence-electron chi connectivity index (χ4n) is 2.78. The third-order valence-corrected chi connectivity index (χ3v) is 3.61. The van der Waals surface area contributed by atoms with E-state index in [1.165, 1.54) is 0 Å². The van der Waals surface area contributed by atoms with E-state index in [9.17, 15) is 19.2 Å². The van der Waals surface area contributed by atoms with Crippen LogP contribution in [0.25, 0.3) is 0 Å². The molecular weight excluding hydrogens is 238 g/mol. The topological polar surface area (TPSA) is 110 Å². The molecule has 0 aromatic carbocycles. The standard InChI is InChI=1S/C11H15N3O4/c12-10(18)13-7(15)6-14-8(16)5-11(9(14)17)3-1-2-4-11/h1-6H2,(H3,12,13,15,18). The second-order valence-corrected chi connectivity index (χ2v) is 4.86. The van der Waals surface area contributed by atoms with E-state index < -0.39 is 23.9 Å². The summed E-state index contributed by atoms with van der Waals surface area (Å²) in [5.74, 6) is -1.37. The molecule has 2 aliphatic rings. The van der Waals surface area contributed by atoms with Crippen LogP contribution in [0.15, 0.2) is 0 Å². The van der Waals surface area contributed by atoms with Crippen LogP contribution in [0.4, 0.5) is 4.79 Å². The zero-order valence-electron chi connectivity index (χ0n) is 9.90. The number of carbonyl (C=O) groups excluding carboxylic acids is 4. The second-order valence-electron chi connectivity index (χ2n) is 4.86. The molecule has 1 saturated carbocycles. The van der Waals surface area contributed by atoms with Crippen LogP contribution in [0.1, 0.15) is 32.1 Å². The van der Waals surface area contributed by atoms with Crippen molar-refractivity contribution in [2.45, 2.75) is 32.1 Å². The molecule has 0 atom stereocenters. The number of nitrogens with one attached hydrogen (secondary N) is 1. The lowest BCUT2D eigenvalue weighted by Gasteiger charge is -2.20. The van der Waals surface area contributed by atoms with E-state index in [1.54, 1.807) is 0 Å². The highest BCUT2D eigenvalue weighted by molar-refractivity contribution is 6.09. The molecule has 5 amide bonds. The zero-order chi connectivity index (χ0) is 13.3. The number of likely N-dealkylation sites (tertiary alicyclic amines) is 1. The van der Waals surface area contributed by atoms with Crippen LogP contribution in [0.2, 0.25) is 0 Å². The molecule has 3 N–H and O–H groups in total. The van der Waals surface area contributed by atoms with Crippen molar-refractivity contribution < 1.29 is 19.2 Å². The molecule has 1 saturated heterocycles. The van der Waals surface area contributed by atoms with Gasteiger partial charge < -0.3 is 5.73 Å². The van der Waals surface area contributed by atoms with Gasteiger partial charge in [-0.25, -0.2) is 4.79 Å². The molecule has 0 bridgehead atoms. The molecule has 0 aromatic heterocycles. The van der Waals surface area contributed by atoms with E-state index >= 15 is 0 Å². The van der Waals surface area contributed by atoms with Crippen LogP contribution in [0.5, 0.6) is 0 Å². The molecule has 7 heteroatoms. The Morgan fingerprint density at radius 2 is 1.89 bits per heavy atom. The molecule has 1 aliphatic carbocycles. The van der Waals surface area contributed by atoms with Gasteiger partial charge in [0.1, 0.15) is 6.54 Å². The minimum absolute atomic E-state index is 0.176. The summed E-state index contributed by atoms with van der Waals surface area (Å²) in [6, 6.07) is -0.991. The molecule has 0 aromatic rings. The van der Waals surface area contributed by atoms with Gasteiger partial charge in [-0.1, -0.05) is 12.8 Å². The maximum Gasteiger partial charge on any atom is 0.318 e. The van der Waals surface area contributed by atoms with Crippen LogP contribution in [-0.2, 0) is 14.4 Å². The number of nitrogens with zero attached hydrogens (tertiary/aromatic N) is 1. The quantitative estimate of drug-likeness (QED) is 0.646. The Hall–Kier alpha value is -1.92. The lowest BCUT2D eigenvalue weighted by molar-refractivity contribution is -0.144. The van der Waals surface area contributed by atoms with E-state index in [2.05, 4.69) is 0 Å². The third kappa shape index (κ3) is 2.07. The van der Waals surface area contributed by atoms with Gasteiger partial charge in [0.15, 0.2) is 0 Å². The van der Waals surface area contributed by atoms with Crippen molar-refractivity contribution in [3.8, 4) is 0 Å². The van der Waals surface area contributed by atoms with Gasteiger partial charge >= 0.3 is 6.03 Å². The number of nitrogens with two attached hydrogens (primary N) is 1. The molecule has 1 heterocycles. The van der Waals surface area contributed by atoms with Crippen molar-refractivity contribution >= 4 is 23.8 Å². The Morgan fingerprint density at radius 1 is 1.28 bits per heavy atom. The van der Waals surface area contributed by atoms with E-state index in [0.29, 0.717) is 12.8 Å². The van der Waals surface area contributed by atoms with Crippen LogP contribution in [0.3, 0.4) is 0 Å². The van der Waals surface area contributed by atoms with Gasteiger partial charge in [0.2, 0.25) is 17.7 Å². The SMILES string of the molecule is NC(=O)NC(=O)CN1C(=O)CC2(CCCC2)C1=O. The summed E-state index contributed by atoms with van der Waals surface area (Å²) in [5, 5.41) is 1.84. The summed E-state index contributed by atoms with van der Waals surface area (Å²) in [5.41, 5.74) is 4.20. The first-order chi connectivity index (χ1) is 8.44. The lowest BCUT2D eigenvalue weighted by Crippen LogP contribution is -2.45. The smallest absolute Gasteiger partial charge is 0.318 e. The van der Waals surface area contributed by atoms with E-state index in [-0.39, 0.29) is 18.2 Å². The zero-order valence-corrected chi connectivity index (χ0v) is 9.90. The minimum Gasteiger partial charge on any atom is -0.351 e. The fraction of sp³-hybridized carbons (Fsp3) is 0.636. The average molecular weight is 253 g/mol. The summed E-state index contributed by atoms with van der Waals surface area (Å²) in [7, 11) is 0. The number of imide groups is 2. The van der Waals surface area contributed by atoms with E-state index in [1.807, 2.05) is 5.32 Å².